The van der Waals surface area contributed by atoms with Crippen LogP contribution in [0.3, 0.4) is 0 Å². The number of nitrogens with one attached hydrogen (secondary N) is 1. The number of rotatable bonds is 4. The van der Waals surface area contributed by atoms with Crippen molar-refractivity contribution in [2.75, 3.05) is 19.0 Å². The van der Waals surface area contributed by atoms with Crippen molar-refractivity contribution in [1.82, 2.24) is 0 Å². The van der Waals surface area contributed by atoms with Gasteiger partial charge in [0.15, 0.2) is 0 Å². The zero-order valence-electron chi connectivity index (χ0n) is 7.95. The molecule has 72 valence electrons. The molecule has 3 heteroatoms. The summed E-state index contributed by atoms with van der Waals surface area (Å²) in [5, 5.41) is 12.6. The lowest BCUT2D eigenvalue weighted by molar-refractivity contribution is 0.190. The van der Waals surface area contributed by atoms with Crippen molar-refractivity contribution in [2.24, 2.45) is 0 Å². The van der Waals surface area contributed by atoms with E-state index in [1.807, 2.05) is 19.1 Å². The van der Waals surface area contributed by atoms with E-state index < -0.39 is 0 Å². The van der Waals surface area contributed by atoms with Gasteiger partial charge in [-0.3, -0.25) is 0 Å². The molecule has 0 amide bonds. The highest BCUT2D eigenvalue weighted by atomic mass is 16.5. The fourth-order valence-corrected chi connectivity index (χ4v) is 1.15. The van der Waals surface area contributed by atoms with Gasteiger partial charge in [0.1, 0.15) is 5.75 Å². The van der Waals surface area contributed by atoms with Gasteiger partial charge in [0, 0.05) is 13.2 Å². The number of benzene rings is 1. The van der Waals surface area contributed by atoms with E-state index in [0.29, 0.717) is 6.61 Å². The number of aromatic hydroxyl groups is 1. The van der Waals surface area contributed by atoms with E-state index >= 15 is 0 Å². The SMILES string of the molecule is COCC(C)Nc1ccccc1O. The summed E-state index contributed by atoms with van der Waals surface area (Å²) in [4.78, 5) is 0. The topological polar surface area (TPSA) is 41.5 Å². The molecule has 0 aromatic heterocycles. The second kappa shape index (κ2) is 4.72. The lowest BCUT2D eigenvalue weighted by Gasteiger charge is -2.14. The number of hydrogen-bond acceptors (Lipinski definition) is 3. The standard InChI is InChI=1S/C10H15NO2/c1-8(7-13-2)11-9-5-3-4-6-10(9)12/h3-6,8,11-12H,7H2,1-2H3. The van der Waals surface area contributed by atoms with Crippen molar-refractivity contribution in [3.63, 3.8) is 0 Å². The van der Waals surface area contributed by atoms with Crippen LogP contribution < -0.4 is 5.32 Å². The maximum Gasteiger partial charge on any atom is 0.138 e. The molecule has 1 unspecified atom stereocenters. The van der Waals surface area contributed by atoms with Crippen LogP contribution >= 0.6 is 0 Å². The Hall–Kier alpha value is -1.22. The van der Waals surface area contributed by atoms with Crippen LogP contribution in [0, 0.1) is 0 Å². The Labute approximate surface area is 78.3 Å². The first-order valence-electron chi connectivity index (χ1n) is 4.27. The summed E-state index contributed by atoms with van der Waals surface area (Å²) in [6, 6.07) is 7.35. The lowest BCUT2D eigenvalue weighted by atomic mass is 10.2. The Bertz CT molecular complexity index is 263. The first-order chi connectivity index (χ1) is 6.24. The number of anilines is 1. The van der Waals surface area contributed by atoms with Crippen LogP contribution in [-0.4, -0.2) is 24.9 Å². The Kier molecular flexibility index (Phi) is 3.58. The van der Waals surface area contributed by atoms with Crippen molar-refractivity contribution in [2.45, 2.75) is 13.0 Å². The smallest absolute Gasteiger partial charge is 0.138 e. The third-order valence-corrected chi connectivity index (χ3v) is 1.72. The minimum Gasteiger partial charge on any atom is -0.506 e. The molecule has 0 fully saturated rings. The van der Waals surface area contributed by atoms with Crippen LogP contribution in [0.5, 0.6) is 5.75 Å². The van der Waals surface area contributed by atoms with Crippen molar-refractivity contribution < 1.29 is 9.84 Å². The molecule has 3 nitrogen and oxygen atoms in total. The van der Waals surface area contributed by atoms with Crippen LogP contribution in [0.15, 0.2) is 24.3 Å². The van der Waals surface area contributed by atoms with Gasteiger partial charge in [-0.25, -0.2) is 0 Å². The van der Waals surface area contributed by atoms with Crippen molar-refractivity contribution >= 4 is 5.69 Å². The molecule has 0 saturated heterocycles. The number of phenols is 1. The summed E-state index contributed by atoms with van der Waals surface area (Å²) in [5.41, 5.74) is 0.743. The molecule has 1 aromatic rings. The Morgan fingerprint density at radius 3 is 2.77 bits per heavy atom. The molecule has 0 aliphatic rings. The van der Waals surface area contributed by atoms with Gasteiger partial charge in [-0.2, -0.15) is 0 Å². The van der Waals surface area contributed by atoms with Gasteiger partial charge in [-0.05, 0) is 19.1 Å². The first-order valence-corrected chi connectivity index (χ1v) is 4.27. The number of para-hydroxylation sites is 2. The van der Waals surface area contributed by atoms with Crippen LogP contribution in [0.1, 0.15) is 6.92 Å². The molecule has 0 saturated carbocycles. The molecule has 0 heterocycles. The van der Waals surface area contributed by atoms with Crippen LogP contribution in [-0.2, 0) is 4.74 Å². The lowest BCUT2D eigenvalue weighted by Crippen LogP contribution is -2.20. The van der Waals surface area contributed by atoms with Gasteiger partial charge in [0.2, 0.25) is 0 Å². The van der Waals surface area contributed by atoms with Gasteiger partial charge in [-0.1, -0.05) is 12.1 Å². The van der Waals surface area contributed by atoms with Gasteiger partial charge < -0.3 is 15.2 Å². The Morgan fingerprint density at radius 1 is 1.46 bits per heavy atom. The van der Waals surface area contributed by atoms with Gasteiger partial charge in [0.25, 0.3) is 0 Å². The minimum absolute atomic E-state index is 0.193. The molecule has 0 bridgehead atoms. The predicted molar refractivity (Wildman–Crippen MR) is 53.1 cm³/mol. The van der Waals surface area contributed by atoms with Crippen LogP contribution in [0.4, 0.5) is 5.69 Å². The number of methoxy groups -OCH3 is 1. The summed E-state index contributed by atoms with van der Waals surface area (Å²) in [7, 11) is 1.66. The number of hydrogen-bond donors (Lipinski definition) is 2. The van der Waals surface area contributed by atoms with Crippen molar-refractivity contribution in [1.29, 1.82) is 0 Å². The van der Waals surface area contributed by atoms with E-state index in [1.54, 1.807) is 19.2 Å². The zero-order chi connectivity index (χ0) is 9.68. The fourth-order valence-electron chi connectivity index (χ4n) is 1.15. The van der Waals surface area contributed by atoms with Crippen LogP contribution in [0.25, 0.3) is 0 Å². The quantitative estimate of drug-likeness (QED) is 0.696. The highest BCUT2D eigenvalue weighted by Crippen LogP contribution is 2.21. The van der Waals surface area contributed by atoms with Crippen molar-refractivity contribution in [3.8, 4) is 5.75 Å². The highest BCUT2D eigenvalue weighted by molar-refractivity contribution is 5.55. The van der Waals surface area contributed by atoms with E-state index in [1.165, 1.54) is 0 Å². The van der Waals surface area contributed by atoms with Gasteiger partial charge in [0.05, 0.1) is 12.3 Å². The second-order valence-corrected chi connectivity index (χ2v) is 3.02. The molecular formula is C10H15NO2. The molecule has 1 rings (SSSR count). The predicted octanol–water partition coefficient (Wildman–Crippen LogP) is 1.84. The summed E-state index contributed by atoms with van der Waals surface area (Å²) in [5.74, 6) is 0.269. The molecule has 1 atom stereocenters. The fraction of sp³-hybridized carbons (Fsp3) is 0.400. The molecule has 1 aromatic carbocycles. The molecule has 0 spiro atoms. The molecule has 2 N–H and O–H groups in total. The minimum atomic E-state index is 0.193. The molecule has 0 radical (unpaired) electrons. The average Bonchev–Trinajstić information content (AvgIpc) is 2.09. The summed E-state index contributed by atoms with van der Waals surface area (Å²) >= 11 is 0. The van der Waals surface area contributed by atoms with E-state index in [-0.39, 0.29) is 11.8 Å². The maximum atomic E-state index is 9.42. The largest absolute Gasteiger partial charge is 0.506 e. The molecule has 0 aliphatic carbocycles. The maximum absolute atomic E-state index is 9.42. The second-order valence-electron chi connectivity index (χ2n) is 3.02. The van der Waals surface area contributed by atoms with E-state index in [2.05, 4.69) is 5.32 Å². The monoisotopic (exact) mass is 181 g/mol. The zero-order valence-corrected chi connectivity index (χ0v) is 7.95. The first kappa shape index (κ1) is 9.86. The average molecular weight is 181 g/mol. The third kappa shape index (κ3) is 2.95. The summed E-state index contributed by atoms with van der Waals surface area (Å²) in [6.45, 7) is 2.62. The molecule has 13 heavy (non-hydrogen) atoms. The summed E-state index contributed by atoms with van der Waals surface area (Å²) < 4.78 is 4.97. The van der Waals surface area contributed by atoms with Gasteiger partial charge in [-0.15, -0.1) is 0 Å². The summed E-state index contributed by atoms with van der Waals surface area (Å²) in [6.07, 6.45) is 0. The van der Waals surface area contributed by atoms with E-state index in [9.17, 15) is 5.11 Å². The van der Waals surface area contributed by atoms with Crippen molar-refractivity contribution in [3.05, 3.63) is 24.3 Å². The van der Waals surface area contributed by atoms with E-state index in [4.69, 9.17) is 4.74 Å². The van der Waals surface area contributed by atoms with Crippen LogP contribution in [0.2, 0.25) is 0 Å². The van der Waals surface area contributed by atoms with Gasteiger partial charge >= 0.3 is 0 Å². The Balaban J connectivity index is 2.58. The highest BCUT2D eigenvalue weighted by Gasteiger charge is 2.03. The number of phenolic OH excluding ortho intramolecular Hbond substituents is 1. The number of ether oxygens (including phenoxy) is 1. The Morgan fingerprint density at radius 2 is 2.15 bits per heavy atom. The normalized spacial score (nSPS) is 12.5. The van der Waals surface area contributed by atoms with E-state index in [0.717, 1.165) is 5.69 Å². The molecular weight excluding hydrogens is 166 g/mol. The third-order valence-electron chi connectivity index (χ3n) is 1.72. The molecule has 0 aliphatic heterocycles.